The van der Waals surface area contributed by atoms with Crippen LogP contribution in [0.5, 0.6) is 0 Å². The summed E-state index contributed by atoms with van der Waals surface area (Å²) in [6.07, 6.45) is 2.32. The third-order valence-electron chi connectivity index (χ3n) is 4.58. The Hall–Kier alpha value is -1.46. The SMILES string of the molecule is Cc1ccc(F)c(C(=O)N(CC2CC2)C[C@H]2CN(C)CCO2)c1. The number of morpholine rings is 1. The van der Waals surface area contributed by atoms with Gasteiger partial charge in [0, 0.05) is 26.2 Å². The minimum Gasteiger partial charge on any atom is -0.374 e. The summed E-state index contributed by atoms with van der Waals surface area (Å²) in [5.74, 6) is -0.0915. The van der Waals surface area contributed by atoms with Gasteiger partial charge in [0.25, 0.3) is 5.91 Å². The fourth-order valence-corrected chi connectivity index (χ4v) is 3.05. The first-order valence-electron chi connectivity index (χ1n) is 8.38. The van der Waals surface area contributed by atoms with E-state index in [0.717, 1.165) is 31.5 Å². The van der Waals surface area contributed by atoms with E-state index in [-0.39, 0.29) is 17.6 Å². The molecular weight excluding hydrogens is 295 g/mol. The van der Waals surface area contributed by atoms with Gasteiger partial charge in [0.1, 0.15) is 5.82 Å². The summed E-state index contributed by atoms with van der Waals surface area (Å²) in [5.41, 5.74) is 1.07. The van der Waals surface area contributed by atoms with Gasteiger partial charge in [0.2, 0.25) is 0 Å². The smallest absolute Gasteiger partial charge is 0.256 e. The molecule has 5 heteroatoms. The highest BCUT2D eigenvalue weighted by molar-refractivity contribution is 5.94. The maximum absolute atomic E-state index is 14.1. The molecule has 0 unspecified atom stereocenters. The number of carbonyl (C=O) groups excluding carboxylic acids is 1. The van der Waals surface area contributed by atoms with Gasteiger partial charge < -0.3 is 14.5 Å². The Morgan fingerprint density at radius 1 is 1.39 bits per heavy atom. The van der Waals surface area contributed by atoms with Crippen LogP contribution in [-0.4, -0.2) is 61.6 Å². The molecule has 1 saturated heterocycles. The molecule has 1 saturated carbocycles. The van der Waals surface area contributed by atoms with E-state index >= 15 is 0 Å². The molecule has 3 rings (SSSR count). The molecule has 2 fully saturated rings. The second-order valence-electron chi connectivity index (χ2n) is 6.89. The number of likely N-dealkylation sites (N-methyl/N-ethyl adjacent to an activating group) is 1. The lowest BCUT2D eigenvalue weighted by Crippen LogP contribution is -2.48. The predicted molar refractivity (Wildman–Crippen MR) is 87.0 cm³/mol. The molecule has 1 aromatic carbocycles. The van der Waals surface area contributed by atoms with Gasteiger partial charge in [-0.3, -0.25) is 4.79 Å². The standard InChI is InChI=1S/C18H25FN2O2/c1-13-3-6-17(19)16(9-13)18(22)21(10-14-4-5-14)12-15-11-20(2)7-8-23-15/h3,6,9,14-15H,4-5,7-8,10-12H2,1-2H3/t15-/m1/s1. The Morgan fingerprint density at radius 2 is 2.17 bits per heavy atom. The summed E-state index contributed by atoms with van der Waals surface area (Å²) < 4.78 is 19.9. The molecule has 0 bridgehead atoms. The molecule has 126 valence electrons. The maximum atomic E-state index is 14.1. The zero-order valence-corrected chi connectivity index (χ0v) is 13.9. The second-order valence-corrected chi connectivity index (χ2v) is 6.89. The fraction of sp³-hybridized carbons (Fsp3) is 0.611. The van der Waals surface area contributed by atoms with E-state index in [4.69, 9.17) is 4.74 Å². The fourth-order valence-electron chi connectivity index (χ4n) is 3.05. The zero-order valence-electron chi connectivity index (χ0n) is 13.9. The molecule has 1 heterocycles. The van der Waals surface area contributed by atoms with Gasteiger partial charge in [0.15, 0.2) is 0 Å². The van der Waals surface area contributed by atoms with Gasteiger partial charge in [0.05, 0.1) is 18.3 Å². The van der Waals surface area contributed by atoms with Crippen LogP contribution in [0.1, 0.15) is 28.8 Å². The molecule has 1 atom stereocenters. The van der Waals surface area contributed by atoms with E-state index in [9.17, 15) is 9.18 Å². The molecule has 23 heavy (non-hydrogen) atoms. The monoisotopic (exact) mass is 320 g/mol. The normalized spacial score (nSPS) is 22.1. The molecule has 1 aliphatic carbocycles. The highest BCUT2D eigenvalue weighted by atomic mass is 19.1. The lowest BCUT2D eigenvalue weighted by Gasteiger charge is -2.34. The van der Waals surface area contributed by atoms with Crippen molar-refractivity contribution < 1.29 is 13.9 Å². The predicted octanol–water partition coefficient (Wildman–Crippen LogP) is 2.32. The van der Waals surface area contributed by atoms with Gasteiger partial charge in [-0.15, -0.1) is 0 Å². The van der Waals surface area contributed by atoms with Crippen LogP contribution in [0.25, 0.3) is 0 Å². The van der Waals surface area contributed by atoms with Crippen molar-refractivity contribution in [1.29, 1.82) is 0 Å². The molecule has 0 radical (unpaired) electrons. The Balaban J connectivity index is 1.74. The van der Waals surface area contributed by atoms with Crippen molar-refractivity contribution in [3.8, 4) is 0 Å². The third-order valence-corrected chi connectivity index (χ3v) is 4.58. The molecular formula is C18H25FN2O2. The van der Waals surface area contributed by atoms with Crippen molar-refractivity contribution in [2.75, 3.05) is 39.8 Å². The van der Waals surface area contributed by atoms with E-state index < -0.39 is 5.82 Å². The summed E-state index contributed by atoms with van der Waals surface area (Å²) in [7, 11) is 2.06. The Morgan fingerprint density at radius 3 is 2.87 bits per heavy atom. The van der Waals surface area contributed by atoms with Crippen LogP contribution in [0.2, 0.25) is 0 Å². The Bertz CT molecular complexity index is 574. The number of carbonyl (C=O) groups is 1. The lowest BCUT2D eigenvalue weighted by atomic mass is 10.1. The first-order valence-corrected chi connectivity index (χ1v) is 8.38. The second kappa shape index (κ2) is 6.97. The minimum absolute atomic E-state index is 0.00400. The summed E-state index contributed by atoms with van der Waals surface area (Å²) in [4.78, 5) is 16.9. The minimum atomic E-state index is -0.442. The summed E-state index contributed by atoms with van der Waals surface area (Å²) in [6, 6.07) is 4.71. The highest BCUT2D eigenvalue weighted by Crippen LogP contribution is 2.30. The van der Waals surface area contributed by atoms with Crippen LogP contribution in [0.15, 0.2) is 18.2 Å². The van der Waals surface area contributed by atoms with Crippen molar-refractivity contribution in [1.82, 2.24) is 9.80 Å². The van der Waals surface area contributed by atoms with E-state index in [1.54, 1.807) is 17.0 Å². The van der Waals surface area contributed by atoms with Crippen LogP contribution in [0, 0.1) is 18.7 Å². The third kappa shape index (κ3) is 4.30. The largest absolute Gasteiger partial charge is 0.374 e. The van der Waals surface area contributed by atoms with Crippen LogP contribution >= 0.6 is 0 Å². The zero-order chi connectivity index (χ0) is 16.4. The molecule has 0 aromatic heterocycles. The van der Waals surface area contributed by atoms with Gasteiger partial charge in [-0.2, -0.15) is 0 Å². The molecule has 1 amide bonds. The summed E-state index contributed by atoms with van der Waals surface area (Å²) >= 11 is 0. The van der Waals surface area contributed by atoms with Crippen LogP contribution < -0.4 is 0 Å². The van der Waals surface area contributed by atoms with Crippen molar-refractivity contribution >= 4 is 5.91 Å². The lowest BCUT2D eigenvalue weighted by molar-refractivity contribution is -0.0332. The number of rotatable bonds is 5. The van der Waals surface area contributed by atoms with Crippen LogP contribution in [-0.2, 0) is 4.74 Å². The summed E-state index contributed by atoms with van der Waals surface area (Å²) in [5, 5.41) is 0. The molecule has 1 aliphatic heterocycles. The van der Waals surface area contributed by atoms with Gasteiger partial charge in [-0.05, 0) is 44.9 Å². The average molecular weight is 320 g/mol. The van der Waals surface area contributed by atoms with Crippen LogP contribution in [0.3, 0.4) is 0 Å². The quantitative estimate of drug-likeness (QED) is 0.835. The molecule has 2 aliphatic rings. The first kappa shape index (κ1) is 16.4. The number of nitrogens with zero attached hydrogens (tertiary/aromatic N) is 2. The van der Waals surface area contributed by atoms with Crippen molar-refractivity contribution in [2.45, 2.75) is 25.9 Å². The highest BCUT2D eigenvalue weighted by Gasteiger charge is 2.31. The van der Waals surface area contributed by atoms with Gasteiger partial charge in [-0.25, -0.2) is 4.39 Å². The van der Waals surface area contributed by atoms with Crippen molar-refractivity contribution in [2.24, 2.45) is 5.92 Å². The Labute approximate surface area is 137 Å². The maximum Gasteiger partial charge on any atom is 0.256 e. The molecule has 1 aromatic rings. The van der Waals surface area contributed by atoms with E-state index in [2.05, 4.69) is 11.9 Å². The number of amides is 1. The number of aryl methyl sites for hydroxylation is 1. The number of benzene rings is 1. The van der Waals surface area contributed by atoms with Crippen molar-refractivity contribution in [3.63, 3.8) is 0 Å². The molecule has 0 spiro atoms. The summed E-state index contributed by atoms with van der Waals surface area (Å²) in [6.45, 7) is 5.53. The first-order chi connectivity index (χ1) is 11.0. The Kier molecular flexibility index (Phi) is 4.97. The van der Waals surface area contributed by atoms with E-state index in [1.807, 2.05) is 6.92 Å². The number of ether oxygens (including phenoxy) is 1. The molecule has 0 N–H and O–H groups in total. The number of hydrogen-bond donors (Lipinski definition) is 0. The van der Waals surface area contributed by atoms with Gasteiger partial charge in [-0.1, -0.05) is 11.6 Å². The number of hydrogen-bond acceptors (Lipinski definition) is 3. The van der Waals surface area contributed by atoms with Crippen molar-refractivity contribution in [3.05, 3.63) is 35.1 Å². The molecule has 4 nitrogen and oxygen atoms in total. The number of halogens is 1. The van der Waals surface area contributed by atoms with Crippen LogP contribution in [0.4, 0.5) is 4.39 Å². The van der Waals surface area contributed by atoms with Gasteiger partial charge >= 0.3 is 0 Å². The van der Waals surface area contributed by atoms with E-state index in [0.29, 0.717) is 25.6 Å². The average Bonchev–Trinajstić information content (AvgIpc) is 3.32. The van der Waals surface area contributed by atoms with E-state index in [1.165, 1.54) is 6.07 Å². The topological polar surface area (TPSA) is 32.8 Å².